The number of hydrogen-bond donors (Lipinski definition) is 1. The van der Waals surface area contributed by atoms with E-state index in [1.807, 2.05) is 24.2 Å². The summed E-state index contributed by atoms with van der Waals surface area (Å²) in [6, 6.07) is 7.97. The molecule has 0 aliphatic carbocycles. The lowest BCUT2D eigenvalue weighted by molar-refractivity contribution is 0.327. The molecule has 0 saturated heterocycles. The van der Waals surface area contributed by atoms with Crippen molar-refractivity contribution in [2.75, 3.05) is 26.4 Å². The fourth-order valence-corrected chi connectivity index (χ4v) is 2.42. The molecule has 0 aliphatic heterocycles. The molecule has 6 nitrogen and oxygen atoms in total. The van der Waals surface area contributed by atoms with Crippen molar-refractivity contribution in [3.05, 3.63) is 48.0 Å². The van der Waals surface area contributed by atoms with Crippen LogP contribution in [0.1, 0.15) is 5.69 Å². The molecule has 1 aromatic carbocycles. The van der Waals surface area contributed by atoms with Crippen molar-refractivity contribution in [2.45, 2.75) is 6.54 Å². The lowest BCUT2D eigenvalue weighted by Gasteiger charge is -2.14. The minimum Gasteiger partial charge on any atom is -0.299 e. The Morgan fingerprint density at radius 1 is 1.27 bits per heavy atom. The lowest BCUT2D eigenvalue weighted by Crippen LogP contribution is -2.32. The zero-order valence-electron chi connectivity index (χ0n) is 12.5. The highest BCUT2D eigenvalue weighted by Gasteiger charge is 2.06. The zero-order chi connectivity index (χ0) is 16.2. The molecule has 8 heteroatoms. The number of nitrogens with one attached hydrogen (secondary N) is 1. The van der Waals surface area contributed by atoms with Crippen LogP contribution in [0.2, 0.25) is 0 Å². The van der Waals surface area contributed by atoms with Gasteiger partial charge in [-0.25, -0.2) is 22.2 Å². The van der Waals surface area contributed by atoms with Crippen LogP contribution in [0.5, 0.6) is 0 Å². The van der Waals surface area contributed by atoms with Gasteiger partial charge in [0.05, 0.1) is 17.6 Å². The van der Waals surface area contributed by atoms with Crippen molar-refractivity contribution in [3.8, 4) is 5.69 Å². The van der Waals surface area contributed by atoms with E-state index in [2.05, 4.69) is 9.82 Å². The summed E-state index contributed by atoms with van der Waals surface area (Å²) in [5.74, 6) is -0.283. The van der Waals surface area contributed by atoms with Gasteiger partial charge >= 0.3 is 0 Å². The van der Waals surface area contributed by atoms with Crippen molar-refractivity contribution < 1.29 is 12.8 Å². The molecular weight excluding hydrogens is 307 g/mol. The molecule has 0 unspecified atom stereocenters. The molecule has 0 fully saturated rings. The molecule has 0 bridgehead atoms. The van der Waals surface area contributed by atoms with Crippen LogP contribution in [-0.4, -0.2) is 49.5 Å². The number of aromatic nitrogens is 2. The third-order valence-electron chi connectivity index (χ3n) is 3.03. The summed E-state index contributed by atoms with van der Waals surface area (Å²) in [6.45, 7) is 1.53. The van der Waals surface area contributed by atoms with Gasteiger partial charge < -0.3 is 0 Å². The first-order chi connectivity index (χ1) is 10.3. The Morgan fingerprint density at radius 3 is 2.59 bits per heavy atom. The standard InChI is InChI=1S/C14H19FN4O2S/c1-18(10-8-16-22(2,20)21)11-13-7-9-19(17-13)14-5-3-12(15)4-6-14/h3-7,9,16H,8,10-11H2,1-2H3. The Labute approximate surface area is 129 Å². The van der Waals surface area contributed by atoms with Crippen LogP contribution in [0.15, 0.2) is 36.5 Å². The summed E-state index contributed by atoms with van der Waals surface area (Å²) in [4.78, 5) is 1.97. The average Bonchev–Trinajstić information content (AvgIpc) is 2.86. The average molecular weight is 326 g/mol. The van der Waals surface area contributed by atoms with Gasteiger partial charge in [0.1, 0.15) is 5.82 Å². The molecule has 0 saturated carbocycles. The third kappa shape index (κ3) is 5.21. The summed E-state index contributed by atoms with van der Waals surface area (Å²) >= 11 is 0. The van der Waals surface area contributed by atoms with Gasteiger partial charge in [-0.15, -0.1) is 0 Å². The van der Waals surface area contributed by atoms with E-state index in [4.69, 9.17) is 0 Å². The molecule has 0 atom stereocenters. The van der Waals surface area contributed by atoms with Gasteiger partial charge in [0.25, 0.3) is 0 Å². The molecule has 2 aromatic rings. The summed E-state index contributed by atoms with van der Waals surface area (Å²) < 4.78 is 39.0. The molecule has 120 valence electrons. The molecule has 1 aromatic heterocycles. The Hall–Kier alpha value is -1.77. The zero-order valence-corrected chi connectivity index (χ0v) is 13.3. The predicted molar refractivity (Wildman–Crippen MR) is 82.7 cm³/mol. The van der Waals surface area contributed by atoms with E-state index >= 15 is 0 Å². The molecular formula is C14H19FN4O2S. The fraction of sp³-hybridized carbons (Fsp3) is 0.357. The number of hydrogen-bond acceptors (Lipinski definition) is 4. The van der Waals surface area contributed by atoms with Crippen LogP contribution in [0.4, 0.5) is 4.39 Å². The van der Waals surface area contributed by atoms with Gasteiger partial charge in [0.15, 0.2) is 0 Å². The first kappa shape index (κ1) is 16.6. The van der Waals surface area contributed by atoms with Crippen LogP contribution in [-0.2, 0) is 16.6 Å². The van der Waals surface area contributed by atoms with Gasteiger partial charge in [0.2, 0.25) is 10.0 Å². The van der Waals surface area contributed by atoms with Crippen molar-refractivity contribution in [3.63, 3.8) is 0 Å². The first-order valence-electron chi connectivity index (χ1n) is 6.77. The highest BCUT2D eigenvalue weighted by atomic mass is 32.2. The summed E-state index contributed by atoms with van der Waals surface area (Å²) in [6.07, 6.45) is 2.95. The molecule has 0 radical (unpaired) electrons. The molecule has 0 aliphatic rings. The summed E-state index contributed by atoms with van der Waals surface area (Å²) in [7, 11) is -1.27. The van der Waals surface area contributed by atoms with Crippen molar-refractivity contribution in [1.29, 1.82) is 0 Å². The maximum absolute atomic E-state index is 12.9. The Kier molecular flexibility index (Phi) is 5.28. The lowest BCUT2D eigenvalue weighted by atomic mass is 10.3. The van der Waals surface area contributed by atoms with Gasteiger partial charge in [-0.05, 0) is 37.4 Å². The van der Waals surface area contributed by atoms with Gasteiger partial charge in [0, 0.05) is 25.8 Å². The Morgan fingerprint density at radius 2 is 1.95 bits per heavy atom. The first-order valence-corrected chi connectivity index (χ1v) is 8.66. The van der Waals surface area contributed by atoms with Crippen LogP contribution in [0.3, 0.4) is 0 Å². The normalized spacial score (nSPS) is 12.0. The van der Waals surface area contributed by atoms with E-state index in [0.717, 1.165) is 17.6 Å². The fourth-order valence-electron chi connectivity index (χ4n) is 1.96. The topological polar surface area (TPSA) is 67.2 Å². The highest BCUT2D eigenvalue weighted by Crippen LogP contribution is 2.09. The second-order valence-electron chi connectivity index (χ2n) is 5.13. The number of halogens is 1. The number of sulfonamides is 1. The monoisotopic (exact) mass is 326 g/mol. The molecule has 2 rings (SSSR count). The van der Waals surface area contributed by atoms with E-state index < -0.39 is 10.0 Å². The summed E-state index contributed by atoms with van der Waals surface area (Å²) in [5, 5.41) is 4.42. The molecule has 1 heterocycles. The van der Waals surface area contributed by atoms with E-state index in [-0.39, 0.29) is 5.82 Å². The largest absolute Gasteiger partial charge is 0.299 e. The van der Waals surface area contributed by atoms with Crippen molar-refractivity contribution >= 4 is 10.0 Å². The van der Waals surface area contributed by atoms with Gasteiger partial charge in [-0.2, -0.15) is 5.10 Å². The second kappa shape index (κ2) is 6.99. The smallest absolute Gasteiger partial charge is 0.208 e. The maximum Gasteiger partial charge on any atom is 0.208 e. The third-order valence-corrected chi connectivity index (χ3v) is 3.75. The van der Waals surface area contributed by atoms with E-state index in [1.54, 1.807) is 16.8 Å². The van der Waals surface area contributed by atoms with Crippen LogP contribution >= 0.6 is 0 Å². The molecule has 0 amide bonds. The quantitative estimate of drug-likeness (QED) is 0.824. The Balaban J connectivity index is 1.90. The van der Waals surface area contributed by atoms with Crippen molar-refractivity contribution in [1.82, 2.24) is 19.4 Å². The minimum atomic E-state index is -3.16. The highest BCUT2D eigenvalue weighted by molar-refractivity contribution is 7.88. The van der Waals surface area contributed by atoms with E-state index in [1.165, 1.54) is 12.1 Å². The number of rotatable bonds is 7. The second-order valence-corrected chi connectivity index (χ2v) is 6.97. The maximum atomic E-state index is 12.9. The van der Waals surface area contributed by atoms with Crippen LogP contribution in [0, 0.1) is 5.82 Å². The number of benzene rings is 1. The molecule has 1 N–H and O–H groups in total. The minimum absolute atomic E-state index is 0.283. The molecule has 0 spiro atoms. The Bertz CT molecular complexity index is 713. The predicted octanol–water partition coefficient (Wildman–Crippen LogP) is 0.992. The van der Waals surface area contributed by atoms with Crippen molar-refractivity contribution in [2.24, 2.45) is 0 Å². The SMILES string of the molecule is CN(CCNS(C)(=O)=O)Cc1ccn(-c2ccc(F)cc2)n1. The van der Waals surface area contributed by atoms with Gasteiger partial charge in [-0.1, -0.05) is 0 Å². The van der Waals surface area contributed by atoms with Crippen LogP contribution < -0.4 is 4.72 Å². The summed E-state index contributed by atoms with van der Waals surface area (Å²) in [5.41, 5.74) is 1.64. The number of nitrogens with zero attached hydrogens (tertiary/aromatic N) is 3. The van der Waals surface area contributed by atoms with E-state index in [9.17, 15) is 12.8 Å². The number of likely N-dealkylation sites (N-methyl/N-ethyl adjacent to an activating group) is 1. The molecule has 22 heavy (non-hydrogen) atoms. The van der Waals surface area contributed by atoms with Gasteiger partial charge in [-0.3, -0.25) is 4.90 Å². The van der Waals surface area contributed by atoms with Crippen LogP contribution in [0.25, 0.3) is 5.69 Å². The van der Waals surface area contributed by atoms with E-state index in [0.29, 0.717) is 19.6 Å².